The van der Waals surface area contributed by atoms with Gasteiger partial charge >= 0.3 is 0 Å². The van der Waals surface area contributed by atoms with Crippen molar-refractivity contribution in [3.8, 4) is 0 Å². The van der Waals surface area contributed by atoms with Gasteiger partial charge in [-0.1, -0.05) is 157 Å². The predicted octanol–water partition coefficient (Wildman–Crippen LogP) is 11.4. The third-order valence-electron chi connectivity index (χ3n) is 8.62. The molecule has 0 aliphatic carbocycles. The van der Waals surface area contributed by atoms with E-state index in [4.69, 9.17) is 19.9 Å². The molecule has 0 amide bonds. The fraction of sp³-hybridized carbons (Fsp3) is 1.00. The van der Waals surface area contributed by atoms with Crippen LogP contribution >= 0.6 is 0 Å². The molecule has 1 rings (SSSR count). The van der Waals surface area contributed by atoms with E-state index in [1.165, 1.54) is 109 Å². The van der Waals surface area contributed by atoms with Gasteiger partial charge in [0.2, 0.25) is 0 Å². The van der Waals surface area contributed by atoms with Crippen molar-refractivity contribution in [1.29, 1.82) is 0 Å². The molecule has 0 N–H and O–H groups in total. The van der Waals surface area contributed by atoms with Crippen molar-refractivity contribution in [3.05, 3.63) is 0 Å². The predicted molar refractivity (Wildman–Crippen MR) is 152 cm³/mol. The van der Waals surface area contributed by atoms with E-state index in [9.17, 15) is 0 Å². The topological polar surface area (TPSA) is 36.9 Å². The highest BCUT2D eigenvalue weighted by Gasteiger charge is 2.60. The fourth-order valence-corrected chi connectivity index (χ4v) is 6.56. The van der Waals surface area contributed by atoms with E-state index < -0.39 is 11.2 Å². The molecule has 4 nitrogen and oxygen atoms in total. The van der Waals surface area contributed by atoms with Gasteiger partial charge < -0.3 is 0 Å². The van der Waals surface area contributed by atoms with E-state index in [0.29, 0.717) is 5.92 Å². The summed E-state index contributed by atoms with van der Waals surface area (Å²) in [5.74, 6) is 0.440. The number of unbranched alkanes of at least 4 members (excludes halogenated alkanes) is 14. The van der Waals surface area contributed by atoms with Crippen molar-refractivity contribution in [2.45, 2.75) is 200 Å². The molecule has 36 heavy (non-hydrogen) atoms. The first-order valence-electron chi connectivity index (χ1n) is 16.4. The number of hydrogen-bond donors (Lipinski definition) is 0. The largest absolute Gasteiger partial charge is 0.194 e. The molecular formula is C32H64O4. The molecular weight excluding hydrogens is 448 g/mol. The summed E-state index contributed by atoms with van der Waals surface area (Å²) in [5.41, 5.74) is -0.834. The Hall–Kier alpha value is -0.160. The molecule has 1 aliphatic rings. The van der Waals surface area contributed by atoms with E-state index in [1.54, 1.807) is 0 Å². The minimum absolute atomic E-state index is 0.416. The highest BCUT2D eigenvalue weighted by molar-refractivity contribution is 5.05. The van der Waals surface area contributed by atoms with Gasteiger partial charge in [0.05, 0.1) is 0 Å². The van der Waals surface area contributed by atoms with Crippen LogP contribution in [0.5, 0.6) is 0 Å². The average molecular weight is 513 g/mol. The van der Waals surface area contributed by atoms with Gasteiger partial charge in [0, 0.05) is 0 Å². The van der Waals surface area contributed by atoms with Crippen LogP contribution in [-0.4, -0.2) is 11.2 Å². The molecule has 1 aliphatic heterocycles. The lowest BCUT2D eigenvalue weighted by atomic mass is 9.64. The maximum absolute atomic E-state index is 6.33. The van der Waals surface area contributed by atoms with E-state index in [2.05, 4.69) is 34.6 Å². The first kappa shape index (κ1) is 33.9. The van der Waals surface area contributed by atoms with Crippen LogP contribution in [0.15, 0.2) is 0 Å². The van der Waals surface area contributed by atoms with Crippen molar-refractivity contribution >= 4 is 0 Å². The molecule has 0 spiro atoms. The summed E-state index contributed by atoms with van der Waals surface area (Å²) in [6.45, 7) is 11.4. The van der Waals surface area contributed by atoms with Crippen LogP contribution in [0.2, 0.25) is 0 Å². The number of hydrogen-bond acceptors (Lipinski definition) is 4. The van der Waals surface area contributed by atoms with E-state index in [0.717, 1.165) is 44.9 Å². The smallest absolute Gasteiger partial charge is 0.142 e. The summed E-state index contributed by atoms with van der Waals surface area (Å²) in [7, 11) is 0. The summed E-state index contributed by atoms with van der Waals surface area (Å²) in [6, 6.07) is 0. The highest BCUT2D eigenvalue weighted by Crippen LogP contribution is 2.51. The van der Waals surface area contributed by atoms with Crippen molar-refractivity contribution in [2.24, 2.45) is 5.92 Å². The van der Waals surface area contributed by atoms with Gasteiger partial charge in [-0.15, -0.1) is 0 Å². The summed E-state index contributed by atoms with van der Waals surface area (Å²) in [5, 5.41) is 10.4. The Morgan fingerprint density at radius 1 is 0.417 bits per heavy atom. The van der Waals surface area contributed by atoms with Crippen LogP contribution in [-0.2, 0) is 19.9 Å². The van der Waals surface area contributed by atoms with E-state index in [-0.39, 0.29) is 0 Å². The summed E-state index contributed by atoms with van der Waals surface area (Å²) in [6.07, 6.45) is 29.9. The van der Waals surface area contributed by atoms with Gasteiger partial charge in [-0.3, -0.25) is 0 Å². The average Bonchev–Trinajstić information content (AvgIpc) is 2.88. The Bertz CT molecular complexity index is 481. The number of rotatable bonds is 25. The molecule has 3 atom stereocenters. The molecule has 1 fully saturated rings. The third kappa shape index (κ3) is 11.7. The Morgan fingerprint density at radius 2 is 0.917 bits per heavy atom. The van der Waals surface area contributed by atoms with Gasteiger partial charge in [0.25, 0.3) is 0 Å². The van der Waals surface area contributed by atoms with Crippen molar-refractivity contribution in [3.63, 3.8) is 0 Å². The summed E-state index contributed by atoms with van der Waals surface area (Å²) in [4.78, 5) is 12.5. The Kier molecular flexibility index (Phi) is 20.5. The maximum atomic E-state index is 6.33. The molecule has 1 saturated heterocycles. The summed E-state index contributed by atoms with van der Waals surface area (Å²) < 4.78 is 0. The van der Waals surface area contributed by atoms with Crippen molar-refractivity contribution < 1.29 is 19.9 Å². The summed E-state index contributed by atoms with van der Waals surface area (Å²) >= 11 is 0. The van der Waals surface area contributed by atoms with Crippen molar-refractivity contribution in [2.75, 3.05) is 0 Å². The first-order chi connectivity index (χ1) is 17.7. The zero-order valence-electron chi connectivity index (χ0n) is 25.2. The lowest BCUT2D eigenvalue weighted by Gasteiger charge is -2.53. The molecule has 216 valence electrons. The molecule has 0 bridgehead atoms. The van der Waals surface area contributed by atoms with E-state index >= 15 is 0 Å². The molecule has 0 saturated carbocycles. The van der Waals surface area contributed by atoms with Crippen LogP contribution < -0.4 is 0 Å². The monoisotopic (exact) mass is 512 g/mol. The minimum Gasteiger partial charge on any atom is -0.194 e. The second-order valence-corrected chi connectivity index (χ2v) is 11.7. The SMILES string of the molecule is CCCCCCCCCCCCCC(CCC)C1(CCCCC)OOOOC1(CCC)CCCCC. The van der Waals surface area contributed by atoms with Gasteiger partial charge in [-0.25, -0.2) is 0 Å². The second-order valence-electron chi connectivity index (χ2n) is 11.7. The normalized spacial score (nSPS) is 23.2. The molecule has 0 aromatic rings. The maximum Gasteiger partial charge on any atom is 0.142 e. The Morgan fingerprint density at radius 3 is 1.47 bits per heavy atom. The van der Waals surface area contributed by atoms with E-state index in [1.807, 2.05) is 0 Å². The fourth-order valence-electron chi connectivity index (χ4n) is 6.56. The van der Waals surface area contributed by atoms with Gasteiger partial charge in [0.1, 0.15) is 11.2 Å². The highest BCUT2D eigenvalue weighted by atomic mass is 17.7. The zero-order chi connectivity index (χ0) is 26.4. The van der Waals surface area contributed by atoms with Gasteiger partial charge in [-0.05, 0) is 48.1 Å². The zero-order valence-corrected chi connectivity index (χ0v) is 25.2. The molecule has 0 aromatic heterocycles. The standard InChI is InChI=1S/C32H64O4/c1-6-11-14-15-16-17-18-19-20-21-22-26-30(25-9-4)32(29-24-13-8-3)31(27-10-5,28-23-12-7-2)33-35-36-34-32/h30H,6-29H2,1-5H3. The Labute approximate surface area is 225 Å². The van der Waals surface area contributed by atoms with Crippen LogP contribution in [0.1, 0.15) is 189 Å². The molecule has 1 heterocycles. The molecule has 4 heteroatoms. The Balaban J connectivity index is 2.80. The lowest BCUT2D eigenvalue weighted by Crippen LogP contribution is -2.64. The van der Waals surface area contributed by atoms with Crippen molar-refractivity contribution in [1.82, 2.24) is 0 Å². The van der Waals surface area contributed by atoms with Crippen LogP contribution in [0.25, 0.3) is 0 Å². The van der Waals surface area contributed by atoms with Crippen LogP contribution in [0.4, 0.5) is 0 Å². The molecule has 0 radical (unpaired) electrons. The molecule has 0 aromatic carbocycles. The van der Waals surface area contributed by atoms with Crippen LogP contribution in [0.3, 0.4) is 0 Å². The quantitative estimate of drug-likeness (QED) is 0.0900. The third-order valence-corrected chi connectivity index (χ3v) is 8.62. The van der Waals surface area contributed by atoms with Crippen LogP contribution in [0, 0.1) is 5.92 Å². The first-order valence-corrected chi connectivity index (χ1v) is 16.4. The van der Waals surface area contributed by atoms with Gasteiger partial charge in [-0.2, -0.15) is 9.78 Å². The molecule has 3 unspecified atom stereocenters. The van der Waals surface area contributed by atoms with Gasteiger partial charge in [0.15, 0.2) is 0 Å². The second kappa shape index (κ2) is 21.7. The lowest BCUT2D eigenvalue weighted by molar-refractivity contribution is -0.725. The minimum atomic E-state index is -0.418.